The van der Waals surface area contributed by atoms with Gasteiger partial charge in [-0.3, -0.25) is 14.7 Å². The van der Waals surface area contributed by atoms with Gasteiger partial charge in [-0.1, -0.05) is 48.5 Å². The Bertz CT molecular complexity index is 996. The van der Waals surface area contributed by atoms with Gasteiger partial charge in [0.1, 0.15) is 12.4 Å². The molecule has 5 nitrogen and oxygen atoms in total. The zero-order chi connectivity index (χ0) is 22.0. The van der Waals surface area contributed by atoms with E-state index in [1.54, 1.807) is 12.3 Å². The third-order valence-electron chi connectivity index (χ3n) is 5.60. The molecule has 1 N–H and O–H groups in total. The molecule has 1 amide bonds. The molecule has 1 saturated heterocycles. The predicted octanol–water partition coefficient (Wildman–Crippen LogP) is 4.45. The Labute approximate surface area is 189 Å². The topological polar surface area (TPSA) is 54.5 Å². The summed E-state index contributed by atoms with van der Waals surface area (Å²) in [6.45, 7) is 3.42. The average Bonchev–Trinajstić information content (AvgIpc) is 2.85. The molecule has 1 aliphatic heterocycles. The van der Waals surface area contributed by atoms with E-state index in [9.17, 15) is 4.79 Å². The standard InChI is InChI=1S/C27H29N3O2/c31-27(29-24-15-18-30(19-16-24)20-23-6-2-1-3-7-23)14-11-22-9-12-26(13-10-22)32-21-25-8-4-5-17-28-25/h1-14,17,24H,15-16,18-21H2,(H,29,31)/b14-11+. The summed E-state index contributed by atoms with van der Waals surface area (Å²) < 4.78 is 5.75. The SMILES string of the molecule is O=C(/C=C/c1ccc(OCc2ccccn2)cc1)NC1CCN(Cc2ccccc2)CC1. The van der Waals surface area contributed by atoms with Crippen LogP contribution in [0, 0.1) is 0 Å². The number of nitrogens with zero attached hydrogens (tertiary/aromatic N) is 2. The highest BCUT2D eigenvalue weighted by molar-refractivity contribution is 5.91. The molecule has 0 aliphatic carbocycles. The van der Waals surface area contributed by atoms with Crippen LogP contribution in [0.15, 0.2) is 85.1 Å². The molecule has 0 radical (unpaired) electrons. The highest BCUT2D eigenvalue weighted by atomic mass is 16.5. The number of likely N-dealkylation sites (tertiary alicyclic amines) is 1. The van der Waals surface area contributed by atoms with E-state index >= 15 is 0 Å². The maximum absolute atomic E-state index is 12.3. The van der Waals surface area contributed by atoms with Crippen molar-refractivity contribution in [2.24, 2.45) is 0 Å². The molecule has 164 valence electrons. The number of hydrogen-bond donors (Lipinski definition) is 1. The Balaban J connectivity index is 1.18. The summed E-state index contributed by atoms with van der Waals surface area (Å²) in [4.78, 5) is 19.0. The Kier molecular flexibility index (Phi) is 7.66. The van der Waals surface area contributed by atoms with E-state index < -0.39 is 0 Å². The Morgan fingerprint density at radius 3 is 2.47 bits per heavy atom. The van der Waals surface area contributed by atoms with Gasteiger partial charge in [-0.25, -0.2) is 0 Å². The van der Waals surface area contributed by atoms with Gasteiger partial charge in [-0.2, -0.15) is 0 Å². The molecular formula is C27H29N3O2. The summed E-state index contributed by atoms with van der Waals surface area (Å²) in [5.74, 6) is 0.738. The normalized spacial score (nSPS) is 15.0. The molecule has 0 spiro atoms. The van der Waals surface area contributed by atoms with Crippen LogP contribution < -0.4 is 10.1 Å². The first-order chi connectivity index (χ1) is 15.7. The molecule has 1 aromatic heterocycles. The fraction of sp³-hybridized carbons (Fsp3) is 0.259. The highest BCUT2D eigenvalue weighted by Gasteiger charge is 2.19. The molecular weight excluding hydrogens is 398 g/mol. The zero-order valence-electron chi connectivity index (χ0n) is 18.2. The summed E-state index contributed by atoms with van der Waals surface area (Å²) >= 11 is 0. The second-order valence-electron chi connectivity index (χ2n) is 8.06. The molecule has 2 heterocycles. The number of amides is 1. The van der Waals surface area contributed by atoms with E-state index in [0.29, 0.717) is 6.61 Å². The van der Waals surface area contributed by atoms with Crippen LogP contribution in [0.2, 0.25) is 0 Å². The van der Waals surface area contributed by atoms with E-state index in [0.717, 1.165) is 49.5 Å². The van der Waals surface area contributed by atoms with Gasteiger partial charge in [0.25, 0.3) is 0 Å². The third-order valence-corrected chi connectivity index (χ3v) is 5.60. The largest absolute Gasteiger partial charge is 0.487 e. The van der Waals surface area contributed by atoms with Crippen molar-refractivity contribution in [1.82, 2.24) is 15.2 Å². The van der Waals surface area contributed by atoms with Crippen LogP contribution in [-0.4, -0.2) is 34.9 Å². The Morgan fingerprint density at radius 1 is 1.00 bits per heavy atom. The molecule has 1 fully saturated rings. The lowest BCUT2D eigenvalue weighted by molar-refractivity contribution is -0.117. The molecule has 0 saturated carbocycles. The van der Waals surface area contributed by atoms with Gasteiger partial charge in [-0.05, 0) is 54.3 Å². The van der Waals surface area contributed by atoms with Crippen LogP contribution in [0.4, 0.5) is 0 Å². The van der Waals surface area contributed by atoms with Crippen molar-refractivity contribution in [3.63, 3.8) is 0 Å². The summed E-state index contributed by atoms with van der Waals surface area (Å²) in [7, 11) is 0. The second kappa shape index (κ2) is 11.3. The number of aromatic nitrogens is 1. The van der Waals surface area contributed by atoms with Crippen molar-refractivity contribution in [3.05, 3.63) is 102 Å². The molecule has 0 atom stereocenters. The monoisotopic (exact) mass is 427 g/mol. The summed E-state index contributed by atoms with van der Waals surface area (Å²) in [6.07, 6.45) is 7.16. The molecule has 1 aliphatic rings. The lowest BCUT2D eigenvalue weighted by Gasteiger charge is -2.32. The van der Waals surface area contributed by atoms with Crippen LogP contribution in [0.5, 0.6) is 5.75 Å². The van der Waals surface area contributed by atoms with Crippen LogP contribution >= 0.6 is 0 Å². The summed E-state index contributed by atoms with van der Waals surface area (Å²) in [5, 5.41) is 3.14. The Hall–Kier alpha value is -3.44. The van der Waals surface area contributed by atoms with Crippen molar-refractivity contribution in [3.8, 4) is 5.75 Å². The molecule has 5 heteroatoms. The molecule has 0 bridgehead atoms. The van der Waals surface area contributed by atoms with E-state index in [1.165, 1.54) is 5.56 Å². The molecule has 32 heavy (non-hydrogen) atoms. The van der Waals surface area contributed by atoms with E-state index in [2.05, 4.69) is 39.5 Å². The predicted molar refractivity (Wildman–Crippen MR) is 127 cm³/mol. The fourth-order valence-electron chi connectivity index (χ4n) is 3.81. The molecule has 2 aromatic carbocycles. The van der Waals surface area contributed by atoms with Crippen LogP contribution in [-0.2, 0) is 17.9 Å². The first-order valence-corrected chi connectivity index (χ1v) is 11.1. The average molecular weight is 428 g/mol. The number of ether oxygens (including phenoxy) is 1. The number of nitrogens with one attached hydrogen (secondary N) is 1. The first-order valence-electron chi connectivity index (χ1n) is 11.1. The van der Waals surface area contributed by atoms with E-state index in [-0.39, 0.29) is 11.9 Å². The van der Waals surface area contributed by atoms with Crippen molar-refractivity contribution in [2.75, 3.05) is 13.1 Å². The first kappa shape index (κ1) is 21.8. The number of benzene rings is 2. The van der Waals surface area contributed by atoms with Crippen molar-refractivity contribution >= 4 is 12.0 Å². The van der Waals surface area contributed by atoms with Crippen LogP contribution in [0.25, 0.3) is 6.08 Å². The number of pyridine rings is 1. The zero-order valence-corrected chi connectivity index (χ0v) is 18.2. The second-order valence-corrected chi connectivity index (χ2v) is 8.06. The molecule has 4 rings (SSSR count). The van der Waals surface area contributed by atoms with Gasteiger partial charge in [0, 0.05) is 37.9 Å². The minimum absolute atomic E-state index is 0.0398. The highest BCUT2D eigenvalue weighted by Crippen LogP contribution is 2.16. The number of rotatable bonds is 8. The molecule has 3 aromatic rings. The summed E-state index contributed by atoms with van der Waals surface area (Å²) in [5.41, 5.74) is 3.19. The Morgan fingerprint density at radius 2 is 1.75 bits per heavy atom. The third kappa shape index (κ3) is 6.79. The minimum Gasteiger partial charge on any atom is -0.487 e. The smallest absolute Gasteiger partial charge is 0.244 e. The van der Waals surface area contributed by atoms with Gasteiger partial charge in [0.15, 0.2) is 0 Å². The van der Waals surface area contributed by atoms with Crippen LogP contribution in [0.1, 0.15) is 29.7 Å². The number of carbonyl (C=O) groups is 1. The quantitative estimate of drug-likeness (QED) is 0.540. The van der Waals surface area contributed by atoms with Crippen molar-refractivity contribution < 1.29 is 9.53 Å². The van der Waals surface area contributed by atoms with Gasteiger partial charge in [0.2, 0.25) is 5.91 Å². The lowest BCUT2D eigenvalue weighted by Crippen LogP contribution is -2.43. The summed E-state index contributed by atoms with van der Waals surface area (Å²) in [6, 6.07) is 24.2. The van der Waals surface area contributed by atoms with Gasteiger partial charge >= 0.3 is 0 Å². The fourth-order valence-corrected chi connectivity index (χ4v) is 3.81. The van der Waals surface area contributed by atoms with Gasteiger partial charge < -0.3 is 10.1 Å². The molecule has 0 unspecified atom stereocenters. The van der Waals surface area contributed by atoms with Crippen LogP contribution in [0.3, 0.4) is 0 Å². The number of piperidine rings is 1. The van der Waals surface area contributed by atoms with Gasteiger partial charge in [0.05, 0.1) is 5.69 Å². The minimum atomic E-state index is -0.0398. The maximum atomic E-state index is 12.3. The van der Waals surface area contributed by atoms with Gasteiger partial charge in [-0.15, -0.1) is 0 Å². The van der Waals surface area contributed by atoms with E-state index in [4.69, 9.17) is 4.74 Å². The van der Waals surface area contributed by atoms with Crippen molar-refractivity contribution in [1.29, 1.82) is 0 Å². The maximum Gasteiger partial charge on any atom is 0.244 e. The van der Waals surface area contributed by atoms with Crippen molar-refractivity contribution in [2.45, 2.75) is 32.0 Å². The van der Waals surface area contributed by atoms with E-state index in [1.807, 2.05) is 54.6 Å². The lowest BCUT2D eigenvalue weighted by atomic mass is 10.0. The number of carbonyl (C=O) groups excluding carboxylic acids is 1. The number of hydrogen-bond acceptors (Lipinski definition) is 4.